The third kappa shape index (κ3) is 14.1. The summed E-state index contributed by atoms with van der Waals surface area (Å²) in [6.45, 7) is 6.10. The van der Waals surface area contributed by atoms with Crippen LogP contribution in [0.2, 0.25) is 10.0 Å². The van der Waals surface area contributed by atoms with Gasteiger partial charge in [0.2, 0.25) is 0 Å². The van der Waals surface area contributed by atoms with Crippen LogP contribution in [0.15, 0.2) is 82.0 Å². The van der Waals surface area contributed by atoms with Crippen LogP contribution in [0.1, 0.15) is 57.7 Å². The Morgan fingerprint density at radius 2 is 1.19 bits per heavy atom. The van der Waals surface area contributed by atoms with E-state index in [1.54, 1.807) is 48.5 Å². The van der Waals surface area contributed by atoms with Gasteiger partial charge < -0.3 is 10.2 Å². The molecule has 4 N–H and O–H groups in total. The molecule has 12 nitrogen and oxygen atoms in total. The Hall–Kier alpha value is -3.97. The zero-order valence-electron chi connectivity index (χ0n) is 28.3. The van der Waals surface area contributed by atoms with Gasteiger partial charge in [-0.15, -0.1) is 11.3 Å². The molecule has 0 saturated heterocycles. The summed E-state index contributed by atoms with van der Waals surface area (Å²) < 4.78 is 82.7. The first-order valence-electron chi connectivity index (χ1n) is 15.5. The standard InChI is InChI=1S/2C9H9ClO2S.C8H12N2O2S.C7H5F3N2O2/c2*10-7-1-3-8(4-2-7)13(11,12)9-5-6-9;1-8(2,3)5-4-13-6(9-5)10-7(11)12;8-7(9,10)4-1-2-5(11-3-4)12-6(13)14/h2*1-4,9H,5-6H2;4H,1-3H3,(H,9,10)(H,11,12);1-3H,(H,11,12)(H,13,14). The Bertz CT molecular complexity index is 1980. The van der Waals surface area contributed by atoms with Crippen LogP contribution in [0.3, 0.4) is 0 Å². The number of alkyl halides is 3. The number of thiazole rings is 1. The molecule has 2 aromatic heterocycles. The fourth-order valence-electron chi connectivity index (χ4n) is 3.90. The number of carboxylic acid groups (broad SMARTS) is 2. The van der Waals surface area contributed by atoms with Gasteiger partial charge in [-0.3, -0.25) is 10.6 Å². The Labute approximate surface area is 318 Å². The predicted molar refractivity (Wildman–Crippen MR) is 197 cm³/mol. The molecular weight excluding hydrogens is 804 g/mol. The van der Waals surface area contributed by atoms with E-state index in [-0.39, 0.29) is 21.7 Å². The first kappa shape index (κ1) is 43.4. The Morgan fingerprint density at radius 1 is 0.755 bits per heavy atom. The fourth-order valence-corrected chi connectivity index (χ4v) is 8.40. The number of benzene rings is 2. The topological polar surface area (TPSA) is 193 Å². The highest BCUT2D eigenvalue weighted by atomic mass is 35.5. The van der Waals surface area contributed by atoms with E-state index in [0.717, 1.165) is 43.5 Å². The molecule has 288 valence electrons. The van der Waals surface area contributed by atoms with E-state index in [2.05, 4.69) is 15.3 Å². The summed E-state index contributed by atoms with van der Waals surface area (Å²) >= 11 is 12.6. The van der Waals surface area contributed by atoms with Crippen molar-refractivity contribution in [2.24, 2.45) is 0 Å². The lowest BCUT2D eigenvalue weighted by Crippen LogP contribution is -2.12. The second-order valence-corrected chi connectivity index (χ2v) is 18.7. The number of nitrogens with zero attached hydrogens (tertiary/aromatic N) is 2. The van der Waals surface area contributed by atoms with Gasteiger partial charge in [0.1, 0.15) is 5.82 Å². The van der Waals surface area contributed by atoms with Crippen LogP contribution < -0.4 is 10.6 Å². The summed E-state index contributed by atoms with van der Waals surface area (Å²) in [5.41, 5.74) is -0.0516. The summed E-state index contributed by atoms with van der Waals surface area (Å²) in [5.74, 6) is -0.148. The maximum Gasteiger partial charge on any atom is 0.417 e. The van der Waals surface area contributed by atoms with E-state index >= 15 is 0 Å². The molecule has 20 heteroatoms. The zero-order chi connectivity index (χ0) is 39.8. The lowest BCUT2D eigenvalue weighted by atomic mass is 9.93. The average molecular weight is 840 g/mol. The largest absolute Gasteiger partial charge is 0.465 e. The number of nitrogens with one attached hydrogen (secondary N) is 2. The van der Waals surface area contributed by atoms with Crippen LogP contribution in [0, 0.1) is 0 Å². The van der Waals surface area contributed by atoms with Crippen molar-refractivity contribution in [3.63, 3.8) is 0 Å². The molecule has 0 bridgehead atoms. The number of halogens is 5. The highest BCUT2D eigenvalue weighted by Crippen LogP contribution is 2.35. The number of pyridine rings is 1. The Balaban J connectivity index is 0.000000190. The Morgan fingerprint density at radius 3 is 1.49 bits per heavy atom. The molecule has 2 aliphatic carbocycles. The lowest BCUT2D eigenvalue weighted by molar-refractivity contribution is -0.137. The highest BCUT2D eigenvalue weighted by Gasteiger charge is 2.37. The number of anilines is 2. The van der Waals surface area contributed by atoms with E-state index in [0.29, 0.717) is 31.2 Å². The summed E-state index contributed by atoms with van der Waals surface area (Å²) in [7, 11) is -6.08. The lowest BCUT2D eigenvalue weighted by Gasteiger charge is -2.13. The molecule has 2 aliphatic rings. The molecule has 0 aliphatic heterocycles. The van der Waals surface area contributed by atoms with E-state index in [1.807, 2.05) is 31.5 Å². The van der Waals surface area contributed by atoms with Crippen LogP contribution in [0.25, 0.3) is 0 Å². The third-order valence-corrected chi connectivity index (χ3v) is 12.8. The molecule has 2 amide bonds. The van der Waals surface area contributed by atoms with Crippen LogP contribution in [-0.2, 0) is 31.3 Å². The van der Waals surface area contributed by atoms with Crippen LogP contribution in [0.5, 0.6) is 0 Å². The van der Waals surface area contributed by atoms with E-state index < -0.39 is 43.6 Å². The molecule has 2 saturated carbocycles. The zero-order valence-corrected chi connectivity index (χ0v) is 32.2. The minimum atomic E-state index is -4.46. The van der Waals surface area contributed by atoms with Crippen molar-refractivity contribution in [1.29, 1.82) is 0 Å². The van der Waals surface area contributed by atoms with Gasteiger partial charge >= 0.3 is 18.4 Å². The number of hydrogen-bond donors (Lipinski definition) is 4. The summed E-state index contributed by atoms with van der Waals surface area (Å²) in [5, 5.41) is 23.8. The van der Waals surface area contributed by atoms with Gasteiger partial charge in [-0.1, -0.05) is 44.0 Å². The second kappa shape index (κ2) is 17.9. The number of carbonyl (C=O) groups is 2. The smallest absolute Gasteiger partial charge is 0.417 e. The highest BCUT2D eigenvalue weighted by molar-refractivity contribution is 7.92. The average Bonchev–Trinajstić information content (AvgIpc) is 3.99. The molecule has 0 radical (unpaired) electrons. The van der Waals surface area contributed by atoms with Crippen molar-refractivity contribution in [2.75, 3.05) is 10.6 Å². The maximum absolute atomic E-state index is 12.0. The number of rotatable bonds is 6. The van der Waals surface area contributed by atoms with Crippen LogP contribution >= 0.6 is 34.5 Å². The van der Waals surface area contributed by atoms with Gasteiger partial charge in [-0.2, -0.15) is 13.2 Å². The molecular formula is C33H35Cl2F3N4O8S3. The van der Waals surface area contributed by atoms with Crippen molar-refractivity contribution in [2.45, 2.75) is 78.3 Å². The van der Waals surface area contributed by atoms with Gasteiger partial charge in [-0.25, -0.2) is 36.4 Å². The molecule has 4 aromatic rings. The molecule has 6 rings (SSSR count). The monoisotopic (exact) mass is 838 g/mol. The summed E-state index contributed by atoms with van der Waals surface area (Å²) in [6, 6.07) is 14.4. The first-order chi connectivity index (χ1) is 24.5. The second-order valence-electron chi connectivity index (χ2n) is 12.5. The van der Waals surface area contributed by atoms with Gasteiger partial charge in [0.25, 0.3) is 0 Å². The predicted octanol–water partition coefficient (Wildman–Crippen LogP) is 9.27. The molecule has 2 heterocycles. The van der Waals surface area contributed by atoms with Crippen molar-refractivity contribution in [1.82, 2.24) is 9.97 Å². The van der Waals surface area contributed by atoms with Crippen molar-refractivity contribution in [3.05, 3.63) is 93.5 Å². The number of hydrogen-bond acceptors (Lipinski definition) is 9. The molecule has 0 unspecified atom stereocenters. The van der Waals surface area contributed by atoms with Gasteiger partial charge in [0.15, 0.2) is 24.8 Å². The minimum Gasteiger partial charge on any atom is -0.465 e. The van der Waals surface area contributed by atoms with Crippen LogP contribution in [-0.4, -0.2) is 59.7 Å². The van der Waals surface area contributed by atoms with Crippen molar-refractivity contribution >= 4 is 77.3 Å². The molecule has 2 fully saturated rings. The third-order valence-electron chi connectivity index (χ3n) is 7.02. The first-order valence-corrected chi connectivity index (χ1v) is 20.2. The molecule has 0 spiro atoms. The molecule has 53 heavy (non-hydrogen) atoms. The van der Waals surface area contributed by atoms with E-state index in [9.17, 15) is 39.6 Å². The van der Waals surface area contributed by atoms with Crippen LogP contribution in [0.4, 0.5) is 33.7 Å². The quantitative estimate of drug-likeness (QED) is 0.145. The molecule has 2 aromatic carbocycles. The maximum atomic E-state index is 12.0. The normalized spacial score (nSPS) is 14.2. The minimum absolute atomic E-state index is 0.0328. The number of aromatic nitrogens is 2. The number of amides is 2. The van der Waals surface area contributed by atoms with Gasteiger partial charge in [0.05, 0.1) is 31.5 Å². The van der Waals surface area contributed by atoms with Gasteiger partial charge in [0, 0.05) is 27.0 Å². The van der Waals surface area contributed by atoms with E-state index in [4.69, 9.17) is 33.4 Å². The Kier molecular flexibility index (Phi) is 14.7. The van der Waals surface area contributed by atoms with Crippen molar-refractivity contribution < 1.29 is 49.8 Å². The van der Waals surface area contributed by atoms with Gasteiger partial charge in [-0.05, 0) is 86.3 Å². The van der Waals surface area contributed by atoms with Crippen molar-refractivity contribution in [3.8, 4) is 0 Å². The molecule has 0 atom stereocenters. The number of sulfone groups is 2. The fraction of sp³-hybridized carbons (Fsp3) is 0.333. The van der Waals surface area contributed by atoms with E-state index in [1.165, 1.54) is 11.3 Å². The SMILES string of the molecule is CC(C)(C)c1csc(NC(=O)O)n1.O=C(O)Nc1ccc(C(F)(F)F)cn1.O=S(=O)(c1ccc(Cl)cc1)C1CC1.O=S(=O)(c1ccc(Cl)cc1)C1CC1. The summed E-state index contributed by atoms with van der Waals surface area (Å²) in [6.07, 6.45) is -3.17. The summed E-state index contributed by atoms with van der Waals surface area (Å²) in [4.78, 5) is 28.6.